The van der Waals surface area contributed by atoms with E-state index in [1.165, 1.54) is 12.8 Å². The lowest BCUT2D eigenvalue weighted by Crippen LogP contribution is -2.22. The zero-order valence-electron chi connectivity index (χ0n) is 7.84. The molecule has 1 unspecified atom stereocenters. The van der Waals surface area contributed by atoms with Crippen LogP contribution in [0.3, 0.4) is 0 Å². The number of thiocarbonyl (C=S) groups is 1. The summed E-state index contributed by atoms with van der Waals surface area (Å²) in [6.45, 7) is 8.82. The van der Waals surface area contributed by atoms with Crippen molar-refractivity contribution in [3.63, 3.8) is 0 Å². The highest BCUT2D eigenvalue weighted by molar-refractivity contribution is 7.78. The fourth-order valence-corrected chi connectivity index (χ4v) is 1.13. The van der Waals surface area contributed by atoms with Crippen molar-refractivity contribution in [3.05, 3.63) is 0 Å². The van der Waals surface area contributed by atoms with Crippen molar-refractivity contribution in [2.24, 2.45) is 5.92 Å². The Hall–Kier alpha value is -0.110. The second kappa shape index (κ2) is 6.59. The third-order valence-corrected chi connectivity index (χ3v) is 2.46. The number of hydrogen-bond acceptors (Lipinski definition) is 1. The Labute approximate surface area is 75.8 Å². The van der Waals surface area contributed by atoms with Crippen molar-refractivity contribution in [2.75, 3.05) is 13.1 Å². The first-order valence-electron chi connectivity index (χ1n) is 4.43. The molecule has 1 nitrogen and oxygen atoms in total. The molecule has 66 valence electrons. The third-order valence-electron chi connectivity index (χ3n) is 2.16. The summed E-state index contributed by atoms with van der Waals surface area (Å²) < 4.78 is 0. The average molecular weight is 173 g/mol. The molecule has 0 aliphatic heterocycles. The van der Waals surface area contributed by atoms with Gasteiger partial charge in [0.05, 0.1) is 5.49 Å². The van der Waals surface area contributed by atoms with Gasteiger partial charge in [-0.1, -0.05) is 32.5 Å². The molecule has 1 atom stereocenters. The van der Waals surface area contributed by atoms with Crippen LogP contribution in [-0.4, -0.2) is 23.5 Å². The fraction of sp³-hybridized carbons (Fsp3) is 0.889. The van der Waals surface area contributed by atoms with Gasteiger partial charge in [0.15, 0.2) is 0 Å². The summed E-state index contributed by atoms with van der Waals surface area (Å²) >= 11 is 4.86. The standard InChI is InChI=1S/C9H19NS/c1-4-9(3)6-7-10(5-2)8-11/h8-9H,4-7H2,1-3H3. The van der Waals surface area contributed by atoms with Crippen LogP contribution in [0.4, 0.5) is 0 Å². The monoisotopic (exact) mass is 173 g/mol. The number of rotatable bonds is 6. The van der Waals surface area contributed by atoms with Gasteiger partial charge in [0.25, 0.3) is 0 Å². The molecular weight excluding hydrogens is 154 g/mol. The maximum Gasteiger partial charge on any atom is 0.0640 e. The van der Waals surface area contributed by atoms with E-state index in [4.69, 9.17) is 12.2 Å². The molecule has 11 heavy (non-hydrogen) atoms. The maximum atomic E-state index is 4.86. The molecule has 0 fully saturated rings. The average Bonchev–Trinajstić information content (AvgIpc) is 2.06. The van der Waals surface area contributed by atoms with Gasteiger partial charge in [0, 0.05) is 13.1 Å². The predicted octanol–water partition coefficient (Wildman–Crippen LogP) is 2.70. The highest BCUT2D eigenvalue weighted by Crippen LogP contribution is 2.06. The highest BCUT2D eigenvalue weighted by Gasteiger charge is 2.00. The summed E-state index contributed by atoms with van der Waals surface area (Å²) in [6, 6.07) is 0. The quantitative estimate of drug-likeness (QED) is 0.568. The van der Waals surface area contributed by atoms with E-state index >= 15 is 0 Å². The normalized spacial score (nSPS) is 12.6. The second-order valence-electron chi connectivity index (χ2n) is 3.04. The van der Waals surface area contributed by atoms with Crippen molar-refractivity contribution in [3.8, 4) is 0 Å². The van der Waals surface area contributed by atoms with Gasteiger partial charge in [-0.25, -0.2) is 0 Å². The van der Waals surface area contributed by atoms with Crippen LogP contribution in [0.1, 0.15) is 33.6 Å². The van der Waals surface area contributed by atoms with Crippen LogP contribution in [0.25, 0.3) is 0 Å². The molecule has 0 aliphatic carbocycles. The first kappa shape index (κ1) is 10.9. The molecule has 0 amide bonds. The van der Waals surface area contributed by atoms with Gasteiger partial charge in [-0.05, 0) is 19.3 Å². The summed E-state index contributed by atoms with van der Waals surface area (Å²) in [5, 5.41) is 0. The lowest BCUT2D eigenvalue weighted by atomic mass is 10.1. The first-order valence-corrected chi connectivity index (χ1v) is 4.91. The molecule has 0 aromatic rings. The minimum absolute atomic E-state index is 0.832. The third kappa shape index (κ3) is 5.19. The van der Waals surface area contributed by atoms with Crippen LogP contribution in [0.2, 0.25) is 0 Å². The van der Waals surface area contributed by atoms with E-state index < -0.39 is 0 Å². The van der Waals surface area contributed by atoms with E-state index in [1.807, 2.05) is 0 Å². The first-order chi connectivity index (χ1) is 5.24. The van der Waals surface area contributed by atoms with E-state index in [0.717, 1.165) is 19.0 Å². The highest BCUT2D eigenvalue weighted by atomic mass is 32.1. The number of hydrogen-bond donors (Lipinski definition) is 0. The molecule has 0 saturated carbocycles. The van der Waals surface area contributed by atoms with Crippen LogP contribution < -0.4 is 0 Å². The smallest absolute Gasteiger partial charge is 0.0640 e. The Morgan fingerprint density at radius 1 is 1.45 bits per heavy atom. The molecule has 0 rings (SSSR count). The molecule has 0 heterocycles. The topological polar surface area (TPSA) is 3.24 Å². The molecular formula is C9H19NS. The van der Waals surface area contributed by atoms with Crippen LogP contribution in [0, 0.1) is 5.92 Å². The van der Waals surface area contributed by atoms with Crippen LogP contribution in [0.15, 0.2) is 0 Å². The van der Waals surface area contributed by atoms with Crippen molar-refractivity contribution >= 4 is 17.7 Å². The zero-order chi connectivity index (χ0) is 8.69. The molecule has 0 bridgehead atoms. The van der Waals surface area contributed by atoms with Gasteiger partial charge in [-0.3, -0.25) is 0 Å². The van der Waals surface area contributed by atoms with Gasteiger partial charge in [-0.2, -0.15) is 0 Å². The van der Waals surface area contributed by atoms with Gasteiger partial charge in [0.2, 0.25) is 0 Å². The van der Waals surface area contributed by atoms with Gasteiger partial charge in [-0.15, -0.1) is 0 Å². The molecule has 0 saturated heterocycles. The maximum absolute atomic E-state index is 4.86. The van der Waals surface area contributed by atoms with Gasteiger partial charge in [0.1, 0.15) is 0 Å². The Balaban J connectivity index is 3.41. The Morgan fingerprint density at radius 2 is 2.09 bits per heavy atom. The zero-order valence-corrected chi connectivity index (χ0v) is 8.66. The molecule has 0 spiro atoms. The summed E-state index contributed by atoms with van der Waals surface area (Å²) in [7, 11) is 0. The Bertz CT molecular complexity index is 104. The molecule has 0 radical (unpaired) electrons. The minimum atomic E-state index is 0.832. The van der Waals surface area contributed by atoms with E-state index in [0.29, 0.717) is 0 Å². The Kier molecular flexibility index (Phi) is 6.52. The van der Waals surface area contributed by atoms with Crippen molar-refractivity contribution in [1.82, 2.24) is 4.90 Å². The predicted molar refractivity (Wildman–Crippen MR) is 55.0 cm³/mol. The largest absolute Gasteiger partial charge is 0.369 e. The molecule has 2 heteroatoms. The molecule has 0 aliphatic rings. The summed E-state index contributed by atoms with van der Waals surface area (Å²) in [4.78, 5) is 2.18. The Morgan fingerprint density at radius 3 is 2.45 bits per heavy atom. The summed E-state index contributed by atoms with van der Waals surface area (Å²) in [6.07, 6.45) is 2.53. The van der Waals surface area contributed by atoms with Crippen molar-refractivity contribution in [2.45, 2.75) is 33.6 Å². The van der Waals surface area contributed by atoms with Crippen molar-refractivity contribution in [1.29, 1.82) is 0 Å². The van der Waals surface area contributed by atoms with E-state index in [2.05, 4.69) is 25.7 Å². The lowest BCUT2D eigenvalue weighted by molar-refractivity contribution is 0.391. The van der Waals surface area contributed by atoms with E-state index in [-0.39, 0.29) is 0 Å². The summed E-state index contributed by atoms with van der Waals surface area (Å²) in [5.41, 5.74) is 1.77. The summed E-state index contributed by atoms with van der Waals surface area (Å²) in [5.74, 6) is 0.832. The molecule has 0 N–H and O–H groups in total. The van der Waals surface area contributed by atoms with E-state index in [1.54, 1.807) is 5.49 Å². The molecule has 0 aromatic heterocycles. The van der Waals surface area contributed by atoms with Crippen molar-refractivity contribution < 1.29 is 0 Å². The van der Waals surface area contributed by atoms with Crippen LogP contribution in [-0.2, 0) is 0 Å². The van der Waals surface area contributed by atoms with Crippen LogP contribution in [0.5, 0.6) is 0 Å². The molecule has 0 aromatic carbocycles. The number of nitrogens with zero attached hydrogens (tertiary/aromatic N) is 1. The van der Waals surface area contributed by atoms with Crippen LogP contribution >= 0.6 is 12.2 Å². The van der Waals surface area contributed by atoms with E-state index in [9.17, 15) is 0 Å². The second-order valence-corrected chi connectivity index (χ2v) is 3.25. The lowest BCUT2D eigenvalue weighted by Gasteiger charge is -2.18. The van der Waals surface area contributed by atoms with Gasteiger partial charge < -0.3 is 4.90 Å². The van der Waals surface area contributed by atoms with Gasteiger partial charge >= 0.3 is 0 Å². The fourth-order valence-electron chi connectivity index (χ4n) is 0.876. The minimum Gasteiger partial charge on any atom is -0.369 e. The SMILES string of the molecule is CCC(C)CCN(C=S)CC.